The third-order valence-electron chi connectivity index (χ3n) is 12.0. The van der Waals surface area contributed by atoms with E-state index in [4.69, 9.17) is 0 Å². The van der Waals surface area contributed by atoms with E-state index in [0.29, 0.717) is 5.41 Å². The van der Waals surface area contributed by atoms with Gasteiger partial charge in [0.05, 0.1) is 0 Å². The van der Waals surface area contributed by atoms with E-state index in [2.05, 4.69) is 74.9 Å². The van der Waals surface area contributed by atoms with Crippen LogP contribution in [0.25, 0.3) is 0 Å². The zero-order valence-electron chi connectivity index (χ0n) is 23.6. The lowest BCUT2D eigenvalue weighted by atomic mass is 9.47. The predicted molar refractivity (Wildman–Crippen MR) is 152 cm³/mol. The first-order chi connectivity index (χ1) is 17.4. The van der Waals surface area contributed by atoms with Gasteiger partial charge in [-0.05, 0) is 121 Å². The van der Waals surface area contributed by atoms with Crippen molar-refractivity contribution in [1.29, 1.82) is 0 Å². The Kier molecular flexibility index (Phi) is 6.89. The molecule has 0 amide bonds. The highest BCUT2D eigenvalue weighted by Gasteiger charge is 2.56. The maximum absolute atomic E-state index is 2.73. The number of nitrogens with zero attached hydrogens (tertiary/aromatic N) is 1. The Bertz CT molecular complexity index is 1020. The van der Waals surface area contributed by atoms with Crippen LogP contribution in [0.4, 0.5) is 0 Å². The Morgan fingerprint density at radius 1 is 0.861 bits per heavy atom. The van der Waals surface area contributed by atoms with Gasteiger partial charge in [-0.3, -0.25) is 0 Å². The molecule has 1 aromatic heterocycles. The van der Waals surface area contributed by atoms with E-state index in [0.717, 1.165) is 53.9 Å². The third kappa shape index (κ3) is 4.41. The highest BCUT2D eigenvalue weighted by atomic mass is 15.0. The quantitative estimate of drug-likeness (QED) is 0.368. The summed E-state index contributed by atoms with van der Waals surface area (Å²) in [6.07, 6.45) is 18.5. The molecule has 4 aliphatic carbocycles. The number of aromatic nitrogens is 1. The van der Waals surface area contributed by atoms with Gasteiger partial charge in [-0.1, -0.05) is 77.3 Å². The number of benzene rings is 1. The molecule has 1 heteroatoms. The van der Waals surface area contributed by atoms with Crippen molar-refractivity contribution in [2.45, 2.75) is 105 Å². The van der Waals surface area contributed by atoms with Crippen molar-refractivity contribution in [1.82, 2.24) is 4.57 Å². The van der Waals surface area contributed by atoms with Gasteiger partial charge in [0.1, 0.15) is 0 Å². The molecule has 1 nitrogen and oxygen atoms in total. The minimum absolute atomic E-state index is 0.529. The molecule has 4 aliphatic rings. The number of rotatable bonds is 7. The molecule has 3 saturated carbocycles. The van der Waals surface area contributed by atoms with E-state index >= 15 is 0 Å². The van der Waals surface area contributed by atoms with Gasteiger partial charge in [-0.2, -0.15) is 0 Å². The Hall–Kier alpha value is -1.50. The zero-order chi connectivity index (χ0) is 24.9. The Morgan fingerprint density at radius 2 is 1.64 bits per heavy atom. The zero-order valence-corrected chi connectivity index (χ0v) is 23.6. The minimum Gasteiger partial charge on any atom is -0.347 e. The van der Waals surface area contributed by atoms with E-state index in [9.17, 15) is 0 Å². The van der Waals surface area contributed by atoms with Gasteiger partial charge >= 0.3 is 0 Å². The first-order valence-electron chi connectivity index (χ1n) is 15.6. The summed E-state index contributed by atoms with van der Waals surface area (Å²) in [4.78, 5) is 0. The molecule has 3 fully saturated rings. The summed E-state index contributed by atoms with van der Waals surface area (Å²) in [5.41, 5.74) is 5.29. The second kappa shape index (κ2) is 9.99. The van der Waals surface area contributed by atoms with Crippen molar-refractivity contribution in [3.8, 4) is 0 Å². The normalized spacial score (nSPS) is 36.1. The molecule has 0 spiro atoms. The summed E-state index contributed by atoms with van der Waals surface area (Å²) in [5, 5.41) is 0. The molecule has 1 aromatic carbocycles. The Labute approximate surface area is 221 Å². The van der Waals surface area contributed by atoms with Crippen LogP contribution < -0.4 is 0 Å². The maximum Gasteiger partial charge on any atom is 0.0472 e. The van der Waals surface area contributed by atoms with Gasteiger partial charge in [-0.25, -0.2) is 0 Å². The smallest absolute Gasteiger partial charge is 0.0472 e. The third-order valence-corrected chi connectivity index (χ3v) is 12.0. The second-order valence-electron chi connectivity index (χ2n) is 14.3. The molecular formula is C35H51N. The van der Waals surface area contributed by atoms with Crippen LogP contribution in [0, 0.1) is 52.8 Å². The average Bonchev–Trinajstić information content (AvgIpc) is 3.47. The minimum atomic E-state index is 0.529. The lowest BCUT2D eigenvalue weighted by Gasteiger charge is -2.58. The van der Waals surface area contributed by atoms with Crippen LogP contribution in [0.5, 0.6) is 0 Å². The van der Waals surface area contributed by atoms with Crippen LogP contribution in [0.2, 0.25) is 0 Å². The average molecular weight is 486 g/mol. The summed E-state index contributed by atoms with van der Waals surface area (Å²) >= 11 is 0. The Balaban J connectivity index is 1.15. The van der Waals surface area contributed by atoms with Gasteiger partial charge in [0.15, 0.2) is 0 Å². The van der Waals surface area contributed by atoms with Gasteiger partial charge in [0, 0.05) is 18.4 Å². The number of fused-ring (bicyclic) bond motifs is 6. The van der Waals surface area contributed by atoms with Crippen LogP contribution in [-0.4, -0.2) is 4.57 Å². The fourth-order valence-electron chi connectivity index (χ4n) is 10.1. The molecule has 0 aliphatic heterocycles. The molecule has 8 atom stereocenters. The van der Waals surface area contributed by atoms with Crippen LogP contribution in [0.15, 0.2) is 42.6 Å². The molecule has 196 valence electrons. The maximum atomic E-state index is 2.73. The van der Waals surface area contributed by atoms with E-state index < -0.39 is 0 Å². The van der Waals surface area contributed by atoms with E-state index in [1.807, 2.05) is 0 Å². The van der Waals surface area contributed by atoms with Crippen molar-refractivity contribution in [2.75, 3.05) is 0 Å². The SMILES string of the molecule is CC(C)CCC[C@@H](C)[C@H]1CC[C@@H]2C1CC[C@H]1[C@H]2CC[C@H]2Cc3c(ccn3Cc3ccccc3)C[C@@]21C. The van der Waals surface area contributed by atoms with Gasteiger partial charge in [0.25, 0.3) is 0 Å². The number of hydrogen-bond donors (Lipinski definition) is 0. The summed E-state index contributed by atoms with van der Waals surface area (Å²) in [5.74, 6) is 7.81. The molecule has 1 unspecified atom stereocenters. The summed E-state index contributed by atoms with van der Waals surface area (Å²) < 4.78 is 2.58. The largest absolute Gasteiger partial charge is 0.347 e. The number of hydrogen-bond acceptors (Lipinski definition) is 0. The molecule has 0 saturated heterocycles. The van der Waals surface area contributed by atoms with Crippen LogP contribution in [0.3, 0.4) is 0 Å². The van der Waals surface area contributed by atoms with Crippen molar-refractivity contribution in [2.24, 2.45) is 52.8 Å². The van der Waals surface area contributed by atoms with Gasteiger partial charge in [0.2, 0.25) is 0 Å². The van der Waals surface area contributed by atoms with Gasteiger partial charge < -0.3 is 4.57 Å². The monoisotopic (exact) mass is 485 g/mol. The highest BCUT2D eigenvalue weighted by molar-refractivity contribution is 5.31. The van der Waals surface area contributed by atoms with E-state index in [1.165, 1.54) is 69.8 Å². The topological polar surface area (TPSA) is 4.93 Å². The summed E-state index contributed by atoms with van der Waals surface area (Å²) in [6.45, 7) is 11.2. The second-order valence-corrected chi connectivity index (χ2v) is 14.3. The Morgan fingerprint density at radius 3 is 2.44 bits per heavy atom. The van der Waals surface area contributed by atoms with Gasteiger partial charge in [-0.15, -0.1) is 0 Å². The summed E-state index contributed by atoms with van der Waals surface area (Å²) in [6, 6.07) is 13.5. The fourth-order valence-corrected chi connectivity index (χ4v) is 10.1. The molecule has 0 bridgehead atoms. The molecule has 36 heavy (non-hydrogen) atoms. The molecule has 1 heterocycles. The first-order valence-corrected chi connectivity index (χ1v) is 15.6. The molecule has 0 radical (unpaired) electrons. The van der Waals surface area contributed by atoms with Crippen molar-refractivity contribution in [3.63, 3.8) is 0 Å². The molecular weight excluding hydrogens is 434 g/mol. The summed E-state index contributed by atoms with van der Waals surface area (Å²) in [7, 11) is 0. The predicted octanol–water partition coefficient (Wildman–Crippen LogP) is 9.18. The van der Waals surface area contributed by atoms with Crippen LogP contribution in [-0.2, 0) is 19.4 Å². The molecule has 0 N–H and O–H groups in total. The van der Waals surface area contributed by atoms with Crippen LogP contribution in [0.1, 0.15) is 102 Å². The highest BCUT2D eigenvalue weighted by Crippen LogP contribution is 2.64. The molecule has 2 aromatic rings. The molecule has 6 rings (SSSR count). The standard InChI is InChI=1S/C35H51N/c1-24(2)9-8-10-25(3)29-15-16-31-30(29)17-18-33-32(31)14-13-28-21-34-27(22-35(28,33)4)19-20-36(34)23-26-11-6-5-7-12-26/h5-7,11-12,19-20,24-25,28-33H,8-10,13-18,21-23H2,1-4H3/t25-,28+,29-,30?,31-,32+,33+,35+/m1/s1. The lowest BCUT2D eigenvalue weighted by Crippen LogP contribution is -2.52. The van der Waals surface area contributed by atoms with Crippen LogP contribution >= 0.6 is 0 Å². The van der Waals surface area contributed by atoms with E-state index in [-0.39, 0.29) is 0 Å². The van der Waals surface area contributed by atoms with Crippen molar-refractivity contribution >= 4 is 0 Å². The van der Waals surface area contributed by atoms with Crippen molar-refractivity contribution in [3.05, 3.63) is 59.4 Å². The van der Waals surface area contributed by atoms with E-state index in [1.54, 1.807) is 17.7 Å². The lowest BCUT2D eigenvalue weighted by molar-refractivity contribution is -0.0743. The van der Waals surface area contributed by atoms with Crippen molar-refractivity contribution < 1.29 is 0 Å². The first kappa shape index (κ1) is 24.8. The fraction of sp³-hybridized carbons (Fsp3) is 0.714.